The first-order chi connectivity index (χ1) is 12.4. The summed E-state index contributed by atoms with van der Waals surface area (Å²) >= 11 is 0. The Balaban J connectivity index is 1.91. The van der Waals surface area contributed by atoms with Crippen LogP contribution in [0.4, 0.5) is 5.69 Å². The van der Waals surface area contributed by atoms with Gasteiger partial charge in [0.15, 0.2) is 0 Å². The van der Waals surface area contributed by atoms with E-state index in [1.165, 1.54) is 0 Å². The predicted octanol–water partition coefficient (Wildman–Crippen LogP) is 2.48. The van der Waals surface area contributed by atoms with Gasteiger partial charge in [0.25, 0.3) is 0 Å². The van der Waals surface area contributed by atoms with Crippen LogP contribution in [0.15, 0.2) is 54.7 Å². The fourth-order valence-electron chi connectivity index (χ4n) is 2.91. The number of fused-ring (bicyclic) bond motifs is 1. The molecule has 1 unspecified atom stereocenters. The molecule has 2 aromatic carbocycles. The summed E-state index contributed by atoms with van der Waals surface area (Å²) < 4.78 is 28.3. The monoisotopic (exact) mass is 371 g/mol. The van der Waals surface area contributed by atoms with E-state index < -0.39 is 15.3 Å². The number of hydrogen-bond acceptors (Lipinski definition) is 5. The number of aliphatic hydroxyl groups is 1. The Morgan fingerprint density at radius 3 is 2.54 bits per heavy atom. The number of rotatable bonds is 6. The van der Waals surface area contributed by atoms with Crippen molar-refractivity contribution >= 4 is 26.5 Å². The number of benzene rings is 2. The van der Waals surface area contributed by atoms with Gasteiger partial charge >= 0.3 is 0 Å². The maximum Gasteiger partial charge on any atom is 0.241 e. The lowest BCUT2D eigenvalue weighted by Gasteiger charge is -2.18. The topological polar surface area (TPSA) is 105 Å². The van der Waals surface area contributed by atoms with E-state index >= 15 is 0 Å². The molecule has 6 nitrogen and oxygen atoms in total. The summed E-state index contributed by atoms with van der Waals surface area (Å²) in [7, 11) is -3.73. The molecule has 136 valence electrons. The molecule has 7 heteroatoms. The molecule has 4 N–H and O–H groups in total. The molecule has 0 aliphatic carbocycles. The van der Waals surface area contributed by atoms with Crippen LogP contribution in [-0.2, 0) is 16.6 Å². The molecular weight excluding hydrogens is 350 g/mol. The van der Waals surface area contributed by atoms with E-state index in [4.69, 9.17) is 10.8 Å². The van der Waals surface area contributed by atoms with Crippen LogP contribution in [0.5, 0.6) is 0 Å². The Labute approximate surface area is 152 Å². The van der Waals surface area contributed by atoms with Crippen LogP contribution in [0, 0.1) is 6.92 Å². The summed E-state index contributed by atoms with van der Waals surface area (Å²) in [5.74, 6) is 0. The van der Waals surface area contributed by atoms with Crippen LogP contribution >= 0.6 is 0 Å². The third kappa shape index (κ3) is 3.70. The zero-order valence-electron chi connectivity index (χ0n) is 14.4. The van der Waals surface area contributed by atoms with Crippen molar-refractivity contribution < 1.29 is 13.5 Å². The lowest BCUT2D eigenvalue weighted by Crippen LogP contribution is -2.27. The van der Waals surface area contributed by atoms with E-state index in [1.54, 1.807) is 42.6 Å². The maximum atomic E-state index is 12.8. The molecule has 0 saturated heterocycles. The van der Waals surface area contributed by atoms with Gasteiger partial charge in [-0.1, -0.05) is 30.3 Å². The average molecular weight is 371 g/mol. The molecule has 0 fully saturated rings. The van der Waals surface area contributed by atoms with Gasteiger partial charge in [0.2, 0.25) is 10.0 Å². The first-order valence-electron chi connectivity index (χ1n) is 8.21. The van der Waals surface area contributed by atoms with Gasteiger partial charge in [-0.05, 0) is 41.6 Å². The van der Waals surface area contributed by atoms with Crippen molar-refractivity contribution in [3.8, 4) is 0 Å². The quantitative estimate of drug-likeness (QED) is 0.617. The number of sulfonamides is 1. The number of aromatic nitrogens is 1. The minimum atomic E-state index is -3.73. The summed E-state index contributed by atoms with van der Waals surface area (Å²) in [4.78, 5) is 4.23. The Hall–Kier alpha value is -2.48. The van der Waals surface area contributed by atoms with Gasteiger partial charge in [-0.3, -0.25) is 9.71 Å². The fraction of sp³-hybridized carbons (Fsp3) is 0.211. The van der Waals surface area contributed by atoms with E-state index in [9.17, 15) is 8.42 Å². The zero-order chi connectivity index (χ0) is 18.7. The highest BCUT2D eigenvalue weighted by Crippen LogP contribution is 2.26. The highest BCUT2D eigenvalue weighted by atomic mass is 32.2. The van der Waals surface area contributed by atoms with Gasteiger partial charge in [-0.2, -0.15) is 0 Å². The van der Waals surface area contributed by atoms with Crippen LogP contribution in [0.2, 0.25) is 0 Å². The molecule has 0 aliphatic rings. The van der Waals surface area contributed by atoms with Gasteiger partial charge in [0.1, 0.15) is 5.25 Å². The first-order valence-corrected chi connectivity index (χ1v) is 9.76. The summed E-state index contributed by atoms with van der Waals surface area (Å²) in [6.07, 6.45) is 1.70. The third-order valence-corrected chi connectivity index (χ3v) is 6.08. The van der Waals surface area contributed by atoms with Crippen LogP contribution < -0.4 is 10.5 Å². The molecule has 3 aromatic rings. The molecule has 0 amide bonds. The molecule has 1 aromatic heterocycles. The molecule has 0 aliphatic heterocycles. The van der Waals surface area contributed by atoms with Crippen molar-refractivity contribution in [3.05, 3.63) is 71.5 Å². The summed E-state index contributed by atoms with van der Waals surface area (Å²) in [6.45, 7) is 1.76. The summed E-state index contributed by atoms with van der Waals surface area (Å²) in [6, 6.07) is 13.9. The second kappa shape index (κ2) is 7.41. The summed E-state index contributed by atoms with van der Waals surface area (Å²) in [5, 5.41) is 10.1. The number of anilines is 1. The minimum absolute atomic E-state index is 0.0512. The molecule has 3 rings (SSSR count). The Morgan fingerprint density at radius 2 is 1.88 bits per heavy atom. The normalized spacial score (nSPS) is 12.9. The van der Waals surface area contributed by atoms with E-state index in [0.717, 1.165) is 16.5 Å². The minimum Gasteiger partial charge on any atom is -0.392 e. The average Bonchev–Trinajstić information content (AvgIpc) is 2.62. The molecule has 0 radical (unpaired) electrons. The smallest absolute Gasteiger partial charge is 0.241 e. The molecule has 1 atom stereocenters. The number of nitrogens with two attached hydrogens (primary N) is 1. The third-order valence-electron chi connectivity index (χ3n) is 4.35. The molecule has 26 heavy (non-hydrogen) atoms. The van der Waals surface area contributed by atoms with E-state index in [2.05, 4.69) is 9.71 Å². The van der Waals surface area contributed by atoms with Crippen molar-refractivity contribution in [3.63, 3.8) is 0 Å². The maximum absolute atomic E-state index is 12.8. The highest BCUT2D eigenvalue weighted by molar-refractivity contribution is 7.93. The van der Waals surface area contributed by atoms with Crippen LogP contribution in [-0.4, -0.2) is 25.1 Å². The van der Waals surface area contributed by atoms with E-state index in [0.29, 0.717) is 16.8 Å². The Morgan fingerprint density at radius 1 is 1.15 bits per heavy atom. The second-order valence-corrected chi connectivity index (χ2v) is 7.97. The lowest BCUT2D eigenvalue weighted by molar-refractivity contribution is 0.282. The lowest BCUT2D eigenvalue weighted by atomic mass is 10.1. The predicted molar refractivity (Wildman–Crippen MR) is 103 cm³/mol. The van der Waals surface area contributed by atoms with Crippen molar-refractivity contribution in [2.75, 3.05) is 11.3 Å². The number of nitrogens with zero attached hydrogens (tertiary/aromatic N) is 1. The number of hydrogen-bond donors (Lipinski definition) is 3. The van der Waals surface area contributed by atoms with E-state index in [-0.39, 0.29) is 13.2 Å². The van der Waals surface area contributed by atoms with Crippen LogP contribution in [0.25, 0.3) is 10.8 Å². The standard InChI is InChI=1S/C19H21N3O3S/c1-13-18-7-6-17(10-16(18)8-9-21-13)22-26(24,25)19(11-20)15-4-2-14(12-23)3-5-15/h2-10,19,22-23H,11-12,20H2,1H3. The molecule has 1 heterocycles. The fourth-order valence-corrected chi connectivity index (χ4v) is 4.27. The zero-order valence-corrected chi connectivity index (χ0v) is 15.2. The number of aliphatic hydroxyl groups excluding tert-OH is 1. The van der Waals surface area contributed by atoms with Gasteiger partial charge in [-0.15, -0.1) is 0 Å². The van der Waals surface area contributed by atoms with Gasteiger partial charge < -0.3 is 10.8 Å². The SMILES string of the molecule is Cc1nccc2cc(NS(=O)(=O)C(CN)c3ccc(CO)cc3)ccc12. The van der Waals surface area contributed by atoms with Crippen molar-refractivity contribution in [2.45, 2.75) is 18.8 Å². The largest absolute Gasteiger partial charge is 0.392 e. The number of aryl methyl sites for hydroxylation is 1. The Kier molecular flexibility index (Phi) is 5.22. The van der Waals surface area contributed by atoms with Crippen LogP contribution in [0.3, 0.4) is 0 Å². The van der Waals surface area contributed by atoms with Crippen molar-refractivity contribution in [1.82, 2.24) is 4.98 Å². The van der Waals surface area contributed by atoms with Crippen molar-refractivity contribution in [1.29, 1.82) is 0 Å². The molecule has 0 bridgehead atoms. The van der Waals surface area contributed by atoms with Gasteiger partial charge in [-0.25, -0.2) is 8.42 Å². The van der Waals surface area contributed by atoms with Crippen molar-refractivity contribution in [2.24, 2.45) is 5.73 Å². The Bertz CT molecular complexity index is 1020. The highest BCUT2D eigenvalue weighted by Gasteiger charge is 2.26. The molecular formula is C19H21N3O3S. The van der Waals surface area contributed by atoms with Gasteiger partial charge in [0, 0.05) is 29.5 Å². The summed E-state index contributed by atoms with van der Waals surface area (Å²) in [5.41, 5.74) is 8.42. The number of nitrogens with one attached hydrogen (secondary N) is 1. The second-order valence-electron chi connectivity index (χ2n) is 6.10. The molecule has 0 saturated carbocycles. The molecule has 0 spiro atoms. The first kappa shape index (κ1) is 18.3. The van der Waals surface area contributed by atoms with E-state index in [1.807, 2.05) is 19.1 Å². The number of pyridine rings is 1. The van der Waals surface area contributed by atoms with Crippen LogP contribution in [0.1, 0.15) is 22.1 Å². The van der Waals surface area contributed by atoms with Gasteiger partial charge in [0.05, 0.1) is 6.61 Å².